The summed E-state index contributed by atoms with van der Waals surface area (Å²) in [6.45, 7) is 1.39. The SMILES string of the molecule is CN(C)CCOc1c(C(c2nccn2C)C2CCCCC2)ccc(Cl)c1Cl. The standard InChI is InChI=1S/C21H29Cl2N3O/c1-25(2)13-14-27-20-16(9-10-17(22)19(20)23)18(15-7-5-4-6-8-15)21-24-11-12-26(21)3/h9-12,15,18H,4-8,13-14H2,1-3H3. The summed E-state index contributed by atoms with van der Waals surface area (Å²) < 4.78 is 8.29. The Labute approximate surface area is 172 Å². The highest BCUT2D eigenvalue weighted by molar-refractivity contribution is 6.43. The van der Waals surface area contributed by atoms with Gasteiger partial charge in [0.2, 0.25) is 0 Å². The van der Waals surface area contributed by atoms with E-state index in [0.717, 1.165) is 17.9 Å². The second kappa shape index (κ2) is 9.31. The van der Waals surface area contributed by atoms with Crippen molar-refractivity contribution in [1.29, 1.82) is 0 Å². The smallest absolute Gasteiger partial charge is 0.143 e. The van der Waals surface area contributed by atoms with Crippen LogP contribution < -0.4 is 4.74 Å². The van der Waals surface area contributed by atoms with Crippen LogP contribution in [0.3, 0.4) is 0 Å². The molecule has 1 unspecified atom stereocenters. The zero-order chi connectivity index (χ0) is 19.4. The van der Waals surface area contributed by atoms with Gasteiger partial charge >= 0.3 is 0 Å². The van der Waals surface area contributed by atoms with Crippen molar-refractivity contribution in [1.82, 2.24) is 14.5 Å². The summed E-state index contributed by atoms with van der Waals surface area (Å²) in [5.41, 5.74) is 1.10. The molecule has 6 heteroatoms. The maximum atomic E-state index is 6.60. The largest absolute Gasteiger partial charge is 0.490 e. The fourth-order valence-corrected chi connectivity index (χ4v) is 4.39. The molecular weight excluding hydrogens is 381 g/mol. The molecule has 3 rings (SSSR count). The molecule has 1 aromatic carbocycles. The molecule has 1 atom stereocenters. The number of hydrogen-bond acceptors (Lipinski definition) is 3. The minimum Gasteiger partial charge on any atom is -0.490 e. The topological polar surface area (TPSA) is 30.3 Å². The number of aryl methyl sites for hydroxylation is 1. The third-order valence-corrected chi connectivity index (χ3v) is 6.25. The van der Waals surface area contributed by atoms with Gasteiger partial charge in [-0.25, -0.2) is 4.98 Å². The van der Waals surface area contributed by atoms with Crippen molar-refractivity contribution in [2.45, 2.75) is 38.0 Å². The van der Waals surface area contributed by atoms with E-state index in [-0.39, 0.29) is 5.92 Å². The van der Waals surface area contributed by atoms with Crippen LogP contribution >= 0.6 is 23.2 Å². The number of rotatable bonds is 7. The molecule has 1 aliphatic carbocycles. The van der Waals surface area contributed by atoms with Gasteiger partial charge in [-0.15, -0.1) is 0 Å². The highest BCUT2D eigenvalue weighted by Gasteiger charge is 2.32. The predicted octanol–water partition coefficient (Wildman–Crippen LogP) is 5.38. The lowest BCUT2D eigenvalue weighted by molar-refractivity contribution is 0.253. The van der Waals surface area contributed by atoms with Gasteiger partial charge in [-0.05, 0) is 38.9 Å². The molecule has 0 aliphatic heterocycles. The van der Waals surface area contributed by atoms with Crippen molar-refractivity contribution < 1.29 is 4.74 Å². The number of likely N-dealkylation sites (N-methyl/N-ethyl adjacent to an activating group) is 1. The summed E-state index contributed by atoms with van der Waals surface area (Å²) in [6, 6.07) is 3.96. The van der Waals surface area contributed by atoms with E-state index in [1.165, 1.54) is 32.1 Å². The Morgan fingerprint density at radius 1 is 1.22 bits per heavy atom. The zero-order valence-corrected chi connectivity index (χ0v) is 17.9. The number of ether oxygens (including phenoxy) is 1. The number of imidazole rings is 1. The first-order valence-electron chi connectivity index (χ1n) is 9.71. The van der Waals surface area contributed by atoms with Gasteiger partial charge in [-0.1, -0.05) is 48.5 Å². The van der Waals surface area contributed by atoms with Crippen molar-refractivity contribution in [3.63, 3.8) is 0 Å². The number of benzene rings is 1. The normalized spacial score (nSPS) is 16.7. The van der Waals surface area contributed by atoms with E-state index in [1.807, 2.05) is 32.6 Å². The lowest BCUT2D eigenvalue weighted by Crippen LogP contribution is -2.23. The minimum absolute atomic E-state index is 0.162. The van der Waals surface area contributed by atoms with Gasteiger partial charge in [-0.2, -0.15) is 0 Å². The first-order chi connectivity index (χ1) is 13.0. The molecule has 1 aliphatic rings. The van der Waals surface area contributed by atoms with Crippen molar-refractivity contribution in [3.8, 4) is 5.75 Å². The van der Waals surface area contributed by atoms with Gasteiger partial charge in [0.25, 0.3) is 0 Å². The second-order valence-corrected chi connectivity index (χ2v) is 8.49. The summed E-state index contributed by atoms with van der Waals surface area (Å²) in [5.74, 6) is 2.48. The van der Waals surface area contributed by atoms with E-state index in [0.29, 0.717) is 28.3 Å². The van der Waals surface area contributed by atoms with Crippen molar-refractivity contribution in [3.05, 3.63) is 46.0 Å². The van der Waals surface area contributed by atoms with Gasteiger partial charge in [-0.3, -0.25) is 0 Å². The molecular formula is C21H29Cl2N3O. The molecule has 1 heterocycles. The van der Waals surface area contributed by atoms with Crippen LogP contribution in [0.2, 0.25) is 10.0 Å². The van der Waals surface area contributed by atoms with E-state index >= 15 is 0 Å². The Hall–Kier alpha value is -1.23. The Kier molecular flexibility index (Phi) is 7.07. The van der Waals surface area contributed by atoms with E-state index in [4.69, 9.17) is 32.9 Å². The van der Waals surface area contributed by atoms with Gasteiger partial charge in [0.15, 0.2) is 0 Å². The molecule has 27 heavy (non-hydrogen) atoms. The maximum absolute atomic E-state index is 6.60. The molecule has 1 fully saturated rings. The lowest BCUT2D eigenvalue weighted by atomic mass is 9.76. The maximum Gasteiger partial charge on any atom is 0.143 e. The van der Waals surface area contributed by atoms with Crippen LogP contribution in [0.25, 0.3) is 0 Å². The van der Waals surface area contributed by atoms with E-state index in [1.54, 1.807) is 0 Å². The summed E-state index contributed by atoms with van der Waals surface area (Å²) in [4.78, 5) is 6.79. The average Bonchev–Trinajstić information content (AvgIpc) is 3.07. The number of halogens is 2. The number of nitrogens with zero attached hydrogens (tertiary/aromatic N) is 3. The Morgan fingerprint density at radius 2 is 1.96 bits per heavy atom. The van der Waals surface area contributed by atoms with Crippen LogP contribution in [0.1, 0.15) is 49.4 Å². The molecule has 0 radical (unpaired) electrons. The molecule has 2 aromatic rings. The molecule has 148 valence electrons. The lowest BCUT2D eigenvalue weighted by Gasteiger charge is -2.31. The van der Waals surface area contributed by atoms with Gasteiger partial charge in [0.05, 0.1) is 5.02 Å². The Bertz CT molecular complexity index is 754. The van der Waals surface area contributed by atoms with Crippen molar-refractivity contribution in [2.24, 2.45) is 13.0 Å². The van der Waals surface area contributed by atoms with Crippen LogP contribution in [0.5, 0.6) is 5.75 Å². The highest BCUT2D eigenvalue weighted by Crippen LogP contribution is 2.46. The summed E-state index contributed by atoms with van der Waals surface area (Å²) in [7, 11) is 6.12. The van der Waals surface area contributed by atoms with E-state index < -0.39 is 0 Å². The first kappa shape index (κ1) is 20.5. The zero-order valence-electron chi connectivity index (χ0n) is 16.4. The number of hydrogen-bond donors (Lipinski definition) is 0. The molecule has 0 spiro atoms. The third kappa shape index (κ3) is 4.79. The third-order valence-electron chi connectivity index (χ3n) is 5.46. The first-order valence-corrected chi connectivity index (χ1v) is 10.5. The van der Waals surface area contributed by atoms with Crippen LogP contribution in [0.15, 0.2) is 24.5 Å². The molecule has 1 saturated carbocycles. The van der Waals surface area contributed by atoms with Crippen LogP contribution in [0, 0.1) is 5.92 Å². The van der Waals surface area contributed by atoms with Crippen molar-refractivity contribution >= 4 is 23.2 Å². The van der Waals surface area contributed by atoms with Gasteiger partial charge in [0, 0.05) is 37.5 Å². The van der Waals surface area contributed by atoms with Crippen molar-refractivity contribution in [2.75, 3.05) is 27.2 Å². The van der Waals surface area contributed by atoms with E-state index in [2.05, 4.69) is 22.6 Å². The summed E-state index contributed by atoms with van der Waals surface area (Å²) in [6.07, 6.45) is 10.1. The molecule has 0 bridgehead atoms. The van der Waals surface area contributed by atoms with Crippen LogP contribution in [0.4, 0.5) is 0 Å². The van der Waals surface area contributed by atoms with E-state index in [9.17, 15) is 0 Å². The molecule has 1 aromatic heterocycles. The predicted molar refractivity (Wildman–Crippen MR) is 112 cm³/mol. The molecule has 0 saturated heterocycles. The highest BCUT2D eigenvalue weighted by atomic mass is 35.5. The molecule has 4 nitrogen and oxygen atoms in total. The van der Waals surface area contributed by atoms with Gasteiger partial charge in [0.1, 0.15) is 23.2 Å². The minimum atomic E-state index is 0.162. The van der Waals surface area contributed by atoms with Crippen LogP contribution in [-0.2, 0) is 7.05 Å². The monoisotopic (exact) mass is 409 g/mol. The fourth-order valence-electron chi connectivity index (χ4n) is 4.02. The average molecular weight is 410 g/mol. The summed E-state index contributed by atoms with van der Waals surface area (Å²) >= 11 is 12.9. The van der Waals surface area contributed by atoms with Gasteiger partial charge < -0.3 is 14.2 Å². The fraction of sp³-hybridized carbons (Fsp3) is 0.571. The number of aromatic nitrogens is 2. The Balaban J connectivity index is 2.02. The Morgan fingerprint density at radius 3 is 2.59 bits per heavy atom. The molecule has 0 amide bonds. The van der Waals surface area contributed by atoms with Crippen LogP contribution in [-0.4, -0.2) is 41.7 Å². The molecule has 0 N–H and O–H groups in total. The second-order valence-electron chi connectivity index (χ2n) is 7.70. The summed E-state index contributed by atoms with van der Waals surface area (Å²) in [5, 5.41) is 1.03. The quantitative estimate of drug-likeness (QED) is 0.614.